The zero-order chi connectivity index (χ0) is 16.7. The first kappa shape index (κ1) is 18.2. The molecule has 1 rings (SSSR count). The van der Waals surface area contributed by atoms with E-state index in [1.54, 1.807) is 19.0 Å². The number of carbonyl (C=O) groups excluding carboxylic acids is 2. The number of hydrogen-bond acceptors (Lipinski definition) is 3. The fourth-order valence-electron chi connectivity index (χ4n) is 2.20. The van der Waals surface area contributed by atoms with Crippen LogP contribution in [0.5, 0.6) is 0 Å². The van der Waals surface area contributed by atoms with E-state index in [0.29, 0.717) is 19.4 Å². The molecule has 22 heavy (non-hydrogen) atoms. The average Bonchev–Trinajstić information content (AvgIpc) is 2.45. The number of aryl methyl sites for hydroxylation is 1. The van der Waals surface area contributed by atoms with Crippen molar-refractivity contribution in [3.8, 4) is 0 Å². The van der Waals surface area contributed by atoms with Gasteiger partial charge in [0, 0.05) is 27.1 Å². The minimum atomic E-state index is -0.315. The van der Waals surface area contributed by atoms with Gasteiger partial charge in [0.1, 0.15) is 6.04 Å². The molecule has 1 aromatic carbocycles. The average molecular weight is 305 g/mol. The summed E-state index contributed by atoms with van der Waals surface area (Å²) in [5.41, 5.74) is 2.14. The zero-order valence-corrected chi connectivity index (χ0v) is 14.2. The van der Waals surface area contributed by atoms with Crippen LogP contribution in [-0.4, -0.2) is 56.3 Å². The van der Waals surface area contributed by atoms with E-state index in [-0.39, 0.29) is 17.9 Å². The molecule has 0 saturated heterocycles. The van der Waals surface area contributed by atoms with E-state index >= 15 is 0 Å². The van der Waals surface area contributed by atoms with Crippen LogP contribution >= 0.6 is 0 Å². The van der Waals surface area contributed by atoms with Crippen molar-refractivity contribution in [3.05, 3.63) is 35.4 Å². The predicted octanol–water partition coefficient (Wildman–Crippen LogP) is 1.58. The Morgan fingerprint density at radius 3 is 2.18 bits per heavy atom. The van der Waals surface area contributed by atoms with Gasteiger partial charge in [0.15, 0.2) is 0 Å². The summed E-state index contributed by atoms with van der Waals surface area (Å²) in [6, 6.07) is 7.67. The normalized spacial score (nSPS) is 12.1. The Bertz CT molecular complexity index is 495. The molecule has 0 aliphatic carbocycles. The molecule has 0 saturated carbocycles. The van der Waals surface area contributed by atoms with E-state index in [1.165, 1.54) is 5.56 Å². The molecule has 1 unspecified atom stereocenters. The molecule has 0 fully saturated rings. The molecule has 1 N–H and O–H groups in total. The number of hydrogen-bond donors (Lipinski definition) is 1. The summed E-state index contributed by atoms with van der Waals surface area (Å²) < 4.78 is 0. The maximum Gasteiger partial charge on any atom is 0.241 e. The van der Waals surface area contributed by atoms with Crippen LogP contribution in [0.4, 0.5) is 0 Å². The highest BCUT2D eigenvalue weighted by molar-refractivity contribution is 5.83. The van der Waals surface area contributed by atoms with Gasteiger partial charge in [-0.25, -0.2) is 0 Å². The van der Waals surface area contributed by atoms with Crippen molar-refractivity contribution in [2.24, 2.45) is 0 Å². The Hall–Kier alpha value is -1.88. The molecular formula is C17H27N3O2. The summed E-state index contributed by atoms with van der Waals surface area (Å²) in [6.07, 6.45) is 1.10. The fourth-order valence-corrected chi connectivity index (χ4v) is 2.20. The van der Waals surface area contributed by atoms with Gasteiger partial charge >= 0.3 is 0 Å². The highest BCUT2D eigenvalue weighted by Crippen LogP contribution is 2.18. The third-order valence-corrected chi connectivity index (χ3v) is 3.52. The second-order valence-electron chi connectivity index (χ2n) is 5.96. The van der Waals surface area contributed by atoms with E-state index in [2.05, 4.69) is 5.32 Å². The van der Waals surface area contributed by atoms with Gasteiger partial charge in [-0.3, -0.25) is 14.5 Å². The lowest BCUT2D eigenvalue weighted by atomic mass is 10.0. The van der Waals surface area contributed by atoms with Gasteiger partial charge in [-0.2, -0.15) is 0 Å². The van der Waals surface area contributed by atoms with Crippen LogP contribution in [0.2, 0.25) is 0 Å². The largest absolute Gasteiger partial charge is 0.354 e. The first-order chi connectivity index (χ1) is 10.3. The number of benzene rings is 1. The highest BCUT2D eigenvalue weighted by Gasteiger charge is 2.22. The van der Waals surface area contributed by atoms with E-state index in [0.717, 1.165) is 5.56 Å². The lowest BCUT2D eigenvalue weighted by molar-refractivity contribution is -0.129. The molecule has 5 heteroatoms. The zero-order valence-electron chi connectivity index (χ0n) is 14.2. The first-order valence-electron chi connectivity index (χ1n) is 7.53. The predicted molar refractivity (Wildman–Crippen MR) is 88.5 cm³/mol. The summed E-state index contributed by atoms with van der Waals surface area (Å²) >= 11 is 0. The minimum Gasteiger partial charge on any atom is -0.354 e. The standard InChI is InChI=1S/C17H27N3O2/c1-13-8-10-14(11-9-13)16(20(4)5)17(22)18-12-6-7-15(21)19(2)3/h8-11,16H,6-7,12H2,1-5H3,(H,18,22). The van der Waals surface area contributed by atoms with Crippen molar-refractivity contribution >= 4 is 11.8 Å². The maximum absolute atomic E-state index is 12.4. The summed E-state index contributed by atoms with van der Waals surface area (Å²) in [6.45, 7) is 2.53. The SMILES string of the molecule is Cc1ccc(C(C(=O)NCCCC(=O)N(C)C)N(C)C)cc1. The Labute approximate surface area is 133 Å². The molecule has 0 bridgehead atoms. The smallest absolute Gasteiger partial charge is 0.241 e. The van der Waals surface area contributed by atoms with Gasteiger partial charge in [-0.1, -0.05) is 29.8 Å². The van der Waals surface area contributed by atoms with Crippen molar-refractivity contribution < 1.29 is 9.59 Å². The Morgan fingerprint density at radius 2 is 1.68 bits per heavy atom. The van der Waals surface area contributed by atoms with Crippen LogP contribution in [0.1, 0.15) is 30.0 Å². The van der Waals surface area contributed by atoms with Gasteiger partial charge in [0.2, 0.25) is 11.8 Å². The van der Waals surface area contributed by atoms with E-state index in [4.69, 9.17) is 0 Å². The Kier molecular flexibility index (Phi) is 7.05. The molecule has 0 heterocycles. The van der Waals surface area contributed by atoms with Crippen LogP contribution in [0.15, 0.2) is 24.3 Å². The lowest BCUT2D eigenvalue weighted by Crippen LogP contribution is -2.37. The third kappa shape index (κ3) is 5.48. The van der Waals surface area contributed by atoms with Crippen LogP contribution in [0, 0.1) is 6.92 Å². The van der Waals surface area contributed by atoms with Gasteiger partial charge in [0.25, 0.3) is 0 Å². The number of amides is 2. The second kappa shape index (κ2) is 8.54. The number of carbonyl (C=O) groups is 2. The summed E-state index contributed by atoms with van der Waals surface area (Å²) in [5.74, 6) is 0.0445. The maximum atomic E-state index is 12.4. The molecule has 0 spiro atoms. The Morgan fingerprint density at radius 1 is 1.09 bits per heavy atom. The van der Waals surface area contributed by atoms with Crippen molar-refractivity contribution in [2.45, 2.75) is 25.8 Å². The number of nitrogens with zero attached hydrogens (tertiary/aromatic N) is 2. The van der Waals surface area contributed by atoms with E-state index in [1.807, 2.05) is 50.2 Å². The molecule has 0 aliphatic heterocycles. The minimum absolute atomic E-state index is 0.0360. The van der Waals surface area contributed by atoms with E-state index < -0.39 is 0 Å². The molecule has 122 valence electrons. The second-order valence-corrected chi connectivity index (χ2v) is 5.96. The summed E-state index contributed by atoms with van der Waals surface area (Å²) in [4.78, 5) is 27.3. The topological polar surface area (TPSA) is 52.7 Å². The molecule has 0 aliphatic rings. The van der Waals surface area contributed by atoms with Crippen LogP contribution in [0.3, 0.4) is 0 Å². The molecule has 0 radical (unpaired) electrons. The van der Waals surface area contributed by atoms with Crippen LogP contribution in [-0.2, 0) is 9.59 Å². The van der Waals surface area contributed by atoms with E-state index in [9.17, 15) is 9.59 Å². The fraction of sp³-hybridized carbons (Fsp3) is 0.529. The molecule has 1 aromatic rings. The molecule has 5 nitrogen and oxygen atoms in total. The first-order valence-corrected chi connectivity index (χ1v) is 7.53. The highest BCUT2D eigenvalue weighted by atomic mass is 16.2. The van der Waals surface area contributed by atoms with Crippen molar-refractivity contribution in [2.75, 3.05) is 34.7 Å². The van der Waals surface area contributed by atoms with Crippen molar-refractivity contribution in [1.82, 2.24) is 15.1 Å². The van der Waals surface area contributed by atoms with Gasteiger partial charge in [-0.15, -0.1) is 0 Å². The molecule has 1 atom stereocenters. The third-order valence-electron chi connectivity index (χ3n) is 3.52. The van der Waals surface area contributed by atoms with Gasteiger partial charge < -0.3 is 10.2 Å². The number of likely N-dealkylation sites (N-methyl/N-ethyl adjacent to an activating group) is 1. The lowest BCUT2D eigenvalue weighted by Gasteiger charge is -2.24. The number of nitrogens with one attached hydrogen (secondary N) is 1. The van der Waals surface area contributed by atoms with Crippen LogP contribution < -0.4 is 5.32 Å². The number of rotatable bonds is 7. The van der Waals surface area contributed by atoms with Gasteiger partial charge in [0.05, 0.1) is 0 Å². The summed E-state index contributed by atoms with van der Waals surface area (Å²) in [7, 11) is 7.25. The molecular weight excluding hydrogens is 278 g/mol. The monoisotopic (exact) mass is 305 g/mol. The van der Waals surface area contributed by atoms with Crippen molar-refractivity contribution in [1.29, 1.82) is 0 Å². The van der Waals surface area contributed by atoms with Crippen LogP contribution in [0.25, 0.3) is 0 Å². The molecule has 2 amide bonds. The van der Waals surface area contributed by atoms with Gasteiger partial charge in [-0.05, 0) is 33.0 Å². The quantitative estimate of drug-likeness (QED) is 0.778. The Balaban J connectivity index is 2.56. The molecule has 0 aromatic heterocycles. The van der Waals surface area contributed by atoms with Crippen molar-refractivity contribution in [3.63, 3.8) is 0 Å². The summed E-state index contributed by atoms with van der Waals surface area (Å²) in [5, 5.41) is 2.92.